The molecule has 2 atom stereocenters. The van der Waals surface area contributed by atoms with Crippen molar-refractivity contribution in [3.63, 3.8) is 0 Å². The molecule has 0 aliphatic carbocycles. The summed E-state index contributed by atoms with van der Waals surface area (Å²) < 4.78 is 5.68. The van der Waals surface area contributed by atoms with E-state index >= 15 is 0 Å². The predicted molar refractivity (Wildman–Crippen MR) is 112 cm³/mol. The number of aromatic nitrogens is 7. The van der Waals surface area contributed by atoms with E-state index in [-0.39, 0.29) is 23.9 Å². The van der Waals surface area contributed by atoms with Crippen molar-refractivity contribution < 1.29 is 9.53 Å². The Kier molecular flexibility index (Phi) is 5.97. The van der Waals surface area contributed by atoms with Gasteiger partial charge in [-0.05, 0) is 30.2 Å². The highest BCUT2D eigenvalue weighted by Gasteiger charge is 2.33. The van der Waals surface area contributed by atoms with E-state index in [2.05, 4.69) is 45.8 Å². The van der Waals surface area contributed by atoms with E-state index in [0.29, 0.717) is 30.4 Å². The summed E-state index contributed by atoms with van der Waals surface area (Å²) in [5, 5.41) is 18.2. The number of piperidine rings is 1. The van der Waals surface area contributed by atoms with Gasteiger partial charge in [-0.2, -0.15) is 0 Å². The number of ether oxygens (including phenoxy) is 1. The number of aromatic amines is 2. The summed E-state index contributed by atoms with van der Waals surface area (Å²) in [7, 11) is 1.64. The first kappa shape index (κ1) is 20.7. The third-order valence-corrected chi connectivity index (χ3v) is 6.63. The molecule has 0 radical (unpaired) electrons. The minimum Gasteiger partial charge on any atom is -0.377 e. The minimum absolute atomic E-state index is 0.147. The van der Waals surface area contributed by atoms with Crippen molar-refractivity contribution in [2.45, 2.75) is 38.8 Å². The fraction of sp³-hybridized carbons (Fsp3) is 0.529. The molecule has 0 unspecified atom stereocenters. The first-order valence-corrected chi connectivity index (χ1v) is 10.7. The van der Waals surface area contributed by atoms with Gasteiger partial charge in [-0.25, -0.2) is 15.1 Å². The van der Waals surface area contributed by atoms with Crippen LogP contribution in [-0.2, 0) is 11.2 Å². The maximum atomic E-state index is 12.6. The second kappa shape index (κ2) is 8.66. The number of hydrogen-bond acceptors (Lipinski definition) is 9. The zero-order valence-electron chi connectivity index (χ0n) is 16.8. The molecule has 0 spiro atoms. The lowest BCUT2D eigenvalue weighted by Gasteiger charge is -2.37. The van der Waals surface area contributed by atoms with Gasteiger partial charge in [-0.1, -0.05) is 29.9 Å². The smallest absolute Gasteiger partial charge is 0.287 e. The Morgan fingerprint density at radius 2 is 2.27 bits per heavy atom. The number of tetrazole rings is 1. The number of rotatable bonds is 6. The third-order valence-electron chi connectivity index (χ3n) is 5.09. The van der Waals surface area contributed by atoms with Crippen molar-refractivity contribution in [1.82, 2.24) is 40.9 Å². The van der Waals surface area contributed by atoms with Crippen LogP contribution in [0, 0.1) is 6.92 Å². The van der Waals surface area contributed by atoms with Gasteiger partial charge in [0.2, 0.25) is 0 Å². The van der Waals surface area contributed by atoms with Gasteiger partial charge >= 0.3 is 0 Å². The number of halogens is 1. The molecule has 1 aliphatic rings. The molecule has 3 N–H and O–H groups in total. The van der Waals surface area contributed by atoms with E-state index < -0.39 is 0 Å². The SMILES string of the molecule is CCc1[nH]c(C(=O)N[C@@H]2CCN(c3nc(C)c(-c4nnn[nH]4)s3)C[C@@H]2OC)nc1Cl. The number of carbonyl (C=O) groups is 1. The van der Waals surface area contributed by atoms with Gasteiger partial charge in [0.05, 0.1) is 28.4 Å². The Bertz CT molecular complexity index is 1020. The largest absolute Gasteiger partial charge is 0.377 e. The molecule has 4 rings (SSSR count). The highest BCUT2D eigenvalue weighted by molar-refractivity contribution is 7.19. The van der Waals surface area contributed by atoms with Gasteiger partial charge in [-0.3, -0.25) is 4.79 Å². The van der Waals surface area contributed by atoms with E-state index in [9.17, 15) is 4.79 Å². The zero-order chi connectivity index (χ0) is 21.3. The van der Waals surface area contributed by atoms with Crippen LogP contribution in [0.2, 0.25) is 5.15 Å². The molecule has 11 nitrogen and oxygen atoms in total. The van der Waals surface area contributed by atoms with Crippen LogP contribution in [0.3, 0.4) is 0 Å². The van der Waals surface area contributed by atoms with Gasteiger partial charge in [-0.15, -0.1) is 5.10 Å². The summed E-state index contributed by atoms with van der Waals surface area (Å²) in [5.74, 6) is 0.530. The standard InChI is InChI=1S/C17H22ClN9O2S/c1-4-9-13(18)22-15(20-9)16(28)21-10-5-6-27(7-11(10)29-3)17-19-8(2)12(30-17)14-23-25-26-24-14/h10-11H,4-7H2,1-3H3,(H,20,22)(H,21,28)(H,23,24,25,26)/t10-,11+/m1/s1. The maximum Gasteiger partial charge on any atom is 0.287 e. The lowest BCUT2D eigenvalue weighted by molar-refractivity contribution is 0.0538. The number of amides is 1. The molecule has 4 heterocycles. The molecule has 1 amide bonds. The van der Waals surface area contributed by atoms with Gasteiger partial charge in [0, 0.05) is 20.2 Å². The quantitative estimate of drug-likeness (QED) is 0.513. The van der Waals surface area contributed by atoms with Gasteiger partial charge in [0.15, 0.2) is 21.9 Å². The number of aryl methyl sites for hydroxylation is 2. The molecule has 160 valence electrons. The number of hydrogen-bond donors (Lipinski definition) is 3. The topological polar surface area (TPSA) is 138 Å². The number of thiazole rings is 1. The van der Waals surface area contributed by atoms with E-state index in [1.807, 2.05) is 13.8 Å². The molecule has 1 fully saturated rings. The van der Waals surface area contributed by atoms with Crippen LogP contribution in [0.1, 0.15) is 35.4 Å². The van der Waals surface area contributed by atoms with Crippen LogP contribution in [-0.4, -0.2) is 73.8 Å². The molecule has 1 aliphatic heterocycles. The van der Waals surface area contributed by atoms with Crippen molar-refractivity contribution in [2.75, 3.05) is 25.1 Å². The average molecular weight is 452 g/mol. The number of nitrogens with one attached hydrogen (secondary N) is 3. The molecular weight excluding hydrogens is 430 g/mol. The van der Waals surface area contributed by atoms with Crippen LogP contribution in [0.4, 0.5) is 5.13 Å². The van der Waals surface area contributed by atoms with Gasteiger partial charge in [0.1, 0.15) is 0 Å². The van der Waals surface area contributed by atoms with Crippen LogP contribution in [0.25, 0.3) is 10.7 Å². The molecule has 0 aromatic carbocycles. The first-order valence-electron chi connectivity index (χ1n) is 9.54. The number of H-pyrrole nitrogens is 2. The van der Waals surface area contributed by atoms with Crippen LogP contribution >= 0.6 is 22.9 Å². The van der Waals surface area contributed by atoms with Crippen LogP contribution in [0.15, 0.2) is 0 Å². The Morgan fingerprint density at radius 3 is 2.93 bits per heavy atom. The Hall–Kier alpha value is -2.57. The second-order valence-corrected chi connectivity index (χ2v) is 8.29. The summed E-state index contributed by atoms with van der Waals surface area (Å²) >= 11 is 7.58. The average Bonchev–Trinajstić information content (AvgIpc) is 3.47. The molecule has 0 saturated carbocycles. The van der Waals surface area contributed by atoms with Crippen molar-refractivity contribution in [2.24, 2.45) is 0 Å². The molecule has 13 heteroatoms. The molecule has 1 saturated heterocycles. The Morgan fingerprint density at radius 1 is 1.43 bits per heavy atom. The molecule has 30 heavy (non-hydrogen) atoms. The Balaban J connectivity index is 1.44. The summed E-state index contributed by atoms with van der Waals surface area (Å²) in [4.78, 5) is 27.4. The Labute approximate surface area is 181 Å². The van der Waals surface area contributed by atoms with Crippen molar-refractivity contribution in [3.05, 3.63) is 22.4 Å². The number of anilines is 1. The molecule has 3 aromatic rings. The maximum absolute atomic E-state index is 12.6. The lowest BCUT2D eigenvalue weighted by atomic mass is 10.0. The van der Waals surface area contributed by atoms with Gasteiger partial charge in [0.25, 0.3) is 5.91 Å². The van der Waals surface area contributed by atoms with Crippen molar-refractivity contribution in [1.29, 1.82) is 0 Å². The number of carbonyl (C=O) groups excluding carboxylic acids is 1. The monoisotopic (exact) mass is 451 g/mol. The van der Waals surface area contributed by atoms with Crippen LogP contribution in [0.5, 0.6) is 0 Å². The summed E-state index contributed by atoms with van der Waals surface area (Å²) in [6.07, 6.45) is 1.19. The van der Waals surface area contributed by atoms with E-state index in [0.717, 1.165) is 27.9 Å². The fourth-order valence-electron chi connectivity index (χ4n) is 3.45. The summed E-state index contributed by atoms with van der Waals surface area (Å²) in [5.41, 5.74) is 1.61. The zero-order valence-corrected chi connectivity index (χ0v) is 18.3. The number of nitrogens with zero attached hydrogens (tertiary/aromatic N) is 6. The summed E-state index contributed by atoms with van der Waals surface area (Å²) in [6.45, 7) is 5.20. The van der Waals surface area contributed by atoms with Crippen LogP contribution < -0.4 is 10.2 Å². The van der Waals surface area contributed by atoms with Crippen molar-refractivity contribution >= 4 is 34.0 Å². The molecular formula is C17H22ClN9O2S. The number of methoxy groups -OCH3 is 1. The van der Waals surface area contributed by atoms with Gasteiger partial charge < -0.3 is 19.9 Å². The summed E-state index contributed by atoms with van der Waals surface area (Å²) in [6, 6.07) is -0.147. The molecule has 0 bridgehead atoms. The minimum atomic E-state index is -0.290. The molecule has 3 aromatic heterocycles. The first-order chi connectivity index (χ1) is 14.5. The second-order valence-electron chi connectivity index (χ2n) is 6.96. The lowest BCUT2D eigenvalue weighted by Crippen LogP contribution is -2.55. The number of imidazole rings is 1. The normalized spacial score (nSPS) is 19.3. The highest BCUT2D eigenvalue weighted by Crippen LogP contribution is 2.33. The van der Waals surface area contributed by atoms with Crippen molar-refractivity contribution in [3.8, 4) is 10.7 Å². The van der Waals surface area contributed by atoms with E-state index in [1.165, 1.54) is 11.3 Å². The fourth-order valence-corrected chi connectivity index (χ4v) is 4.76. The highest BCUT2D eigenvalue weighted by atomic mass is 35.5. The van der Waals surface area contributed by atoms with E-state index in [1.54, 1.807) is 7.11 Å². The van der Waals surface area contributed by atoms with E-state index in [4.69, 9.17) is 16.3 Å². The predicted octanol–water partition coefficient (Wildman–Crippen LogP) is 1.59. The third kappa shape index (κ3) is 4.02.